The van der Waals surface area contributed by atoms with Crippen molar-refractivity contribution in [3.05, 3.63) is 78.6 Å². The Kier molecular flexibility index (Phi) is 6.65. The van der Waals surface area contributed by atoms with Gasteiger partial charge in [0.1, 0.15) is 12.4 Å². The van der Waals surface area contributed by atoms with Gasteiger partial charge in [-0.05, 0) is 41.3 Å². The smallest absolute Gasteiger partial charge is 0.409 e. The maximum absolute atomic E-state index is 12.1. The first kappa shape index (κ1) is 20.6. The number of allylic oxidation sites excluding steroid dienone is 1. The van der Waals surface area contributed by atoms with Gasteiger partial charge in [0.2, 0.25) is 0 Å². The zero-order valence-electron chi connectivity index (χ0n) is 16.0. The van der Waals surface area contributed by atoms with E-state index in [1.807, 2.05) is 48.8 Å². The van der Waals surface area contributed by atoms with E-state index in [1.165, 1.54) is 0 Å². The van der Waals surface area contributed by atoms with E-state index in [0.29, 0.717) is 11.6 Å². The molecule has 0 fully saturated rings. The third kappa shape index (κ3) is 6.17. The van der Waals surface area contributed by atoms with Crippen LogP contribution in [-0.4, -0.2) is 22.8 Å². The fourth-order valence-corrected chi connectivity index (χ4v) is 2.80. The Morgan fingerprint density at radius 2 is 1.41 bits per heavy atom. The van der Waals surface area contributed by atoms with Gasteiger partial charge in [0.25, 0.3) is 0 Å². The molecule has 3 nitrogen and oxygen atoms in total. The van der Waals surface area contributed by atoms with Crippen LogP contribution in [0.15, 0.2) is 73.1 Å². The van der Waals surface area contributed by atoms with Gasteiger partial charge < -0.3 is 4.74 Å². The van der Waals surface area contributed by atoms with Gasteiger partial charge in [-0.2, -0.15) is 13.2 Å². The van der Waals surface area contributed by atoms with Gasteiger partial charge in [0.15, 0.2) is 5.82 Å². The highest BCUT2D eigenvalue weighted by molar-refractivity contribution is 5.68. The molecular weight excluding hydrogens is 377 g/mol. The Morgan fingerprint density at radius 3 is 1.97 bits per heavy atom. The van der Waals surface area contributed by atoms with Crippen molar-refractivity contribution in [3.8, 4) is 28.3 Å². The Morgan fingerprint density at radius 1 is 0.862 bits per heavy atom. The van der Waals surface area contributed by atoms with Crippen molar-refractivity contribution in [1.29, 1.82) is 0 Å². The molecule has 0 aliphatic carbocycles. The van der Waals surface area contributed by atoms with Crippen LogP contribution in [0.5, 0.6) is 5.75 Å². The normalized spacial score (nSPS) is 11.7. The van der Waals surface area contributed by atoms with Gasteiger partial charge in [-0.3, -0.25) is 0 Å². The molecule has 3 aromatic rings. The zero-order chi connectivity index (χ0) is 20.7. The highest BCUT2D eigenvalue weighted by Crippen LogP contribution is 2.25. The summed E-state index contributed by atoms with van der Waals surface area (Å²) in [5, 5.41) is 0. The number of aromatic nitrogens is 2. The summed E-state index contributed by atoms with van der Waals surface area (Å²) in [6.07, 6.45) is 2.56. The number of hydrogen-bond donors (Lipinski definition) is 0. The molecule has 6 heteroatoms. The number of ether oxygens (including phenoxy) is 1. The molecule has 0 amide bonds. The lowest BCUT2D eigenvalue weighted by atomic mass is 10.0. The molecule has 150 valence electrons. The molecule has 1 aromatic heterocycles. The molecule has 0 atom stereocenters. The molecule has 1 heterocycles. The van der Waals surface area contributed by atoms with Crippen molar-refractivity contribution in [2.45, 2.75) is 25.9 Å². The number of benzene rings is 2. The summed E-state index contributed by atoms with van der Waals surface area (Å²) >= 11 is 0. The number of alkyl halides is 3. The van der Waals surface area contributed by atoms with Gasteiger partial charge >= 0.3 is 6.18 Å². The molecule has 0 saturated heterocycles. The van der Waals surface area contributed by atoms with E-state index in [9.17, 15) is 13.2 Å². The zero-order valence-corrected chi connectivity index (χ0v) is 16.0. The van der Waals surface area contributed by atoms with E-state index in [0.717, 1.165) is 41.2 Å². The number of rotatable bonds is 7. The Hall–Kier alpha value is -3.15. The molecule has 3 rings (SSSR count). The number of halogens is 3. The van der Waals surface area contributed by atoms with E-state index >= 15 is 0 Å². The summed E-state index contributed by atoms with van der Waals surface area (Å²) < 4.78 is 41.5. The fraction of sp³-hybridized carbons (Fsp3) is 0.217. The summed E-state index contributed by atoms with van der Waals surface area (Å²) in [7, 11) is 0. The summed E-state index contributed by atoms with van der Waals surface area (Å²) in [5.41, 5.74) is 4.06. The first-order chi connectivity index (χ1) is 13.9. The predicted molar refractivity (Wildman–Crippen MR) is 108 cm³/mol. The number of aryl methyl sites for hydroxylation is 1. The SMILES string of the molecule is CCCc1cnc(-c2ccc(-c3ccc(OCC=CC(F)(F)F)cc3)cc2)nc1. The van der Waals surface area contributed by atoms with E-state index < -0.39 is 6.18 Å². The van der Waals surface area contributed by atoms with Crippen LogP contribution in [0.1, 0.15) is 18.9 Å². The van der Waals surface area contributed by atoms with Crippen molar-refractivity contribution in [3.63, 3.8) is 0 Å². The predicted octanol–water partition coefficient (Wildman–Crippen LogP) is 6.26. The van der Waals surface area contributed by atoms with Crippen LogP contribution >= 0.6 is 0 Å². The quantitative estimate of drug-likeness (QED) is 0.441. The molecule has 0 N–H and O–H groups in total. The first-order valence-electron chi connectivity index (χ1n) is 9.33. The molecule has 0 bridgehead atoms. The van der Waals surface area contributed by atoms with Crippen LogP contribution in [0, 0.1) is 0 Å². The van der Waals surface area contributed by atoms with Crippen LogP contribution in [-0.2, 0) is 6.42 Å². The van der Waals surface area contributed by atoms with Crippen LogP contribution in [0.3, 0.4) is 0 Å². The lowest BCUT2D eigenvalue weighted by molar-refractivity contribution is -0.0801. The van der Waals surface area contributed by atoms with E-state index in [1.54, 1.807) is 12.1 Å². The van der Waals surface area contributed by atoms with E-state index in [2.05, 4.69) is 16.9 Å². The van der Waals surface area contributed by atoms with Crippen LogP contribution < -0.4 is 4.74 Å². The van der Waals surface area contributed by atoms with Gasteiger partial charge in [0.05, 0.1) is 0 Å². The standard InChI is InChI=1S/C23H21F3N2O/c1-2-4-17-15-27-22(28-16-17)20-7-5-18(6-8-20)19-9-11-21(12-10-19)29-14-3-13-23(24,25)26/h3,5-13,15-16H,2,4,14H2,1H3. The second-order valence-corrected chi connectivity index (χ2v) is 6.52. The fourth-order valence-electron chi connectivity index (χ4n) is 2.80. The van der Waals surface area contributed by atoms with Crippen LogP contribution in [0.4, 0.5) is 13.2 Å². The van der Waals surface area contributed by atoms with Crippen LogP contribution in [0.2, 0.25) is 0 Å². The lowest BCUT2D eigenvalue weighted by Crippen LogP contribution is -2.02. The number of nitrogens with zero attached hydrogens (tertiary/aromatic N) is 2. The second-order valence-electron chi connectivity index (χ2n) is 6.52. The minimum absolute atomic E-state index is 0.134. The molecule has 0 aliphatic heterocycles. The summed E-state index contributed by atoms with van der Waals surface area (Å²) in [6.45, 7) is 1.99. The van der Waals surface area contributed by atoms with Crippen molar-refractivity contribution in [2.24, 2.45) is 0 Å². The summed E-state index contributed by atoms with van der Waals surface area (Å²) in [5.74, 6) is 1.20. The molecule has 2 aromatic carbocycles. The third-order valence-corrected chi connectivity index (χ3v) is 4.23. The Balaban J connectivity index is 1.63. The van der Waals surface area contributed by atoms with Gasteiger partial charge in [0, 0.05) is 24.0 Å². The van der Waals surface area contributed by atoms with E-state index in [4.69, 9.17) is 4.74 Å². The minimum Gasteiger partial charge on any atom is -0.490 e. The largest absolute Gasteiger partial charge is 0.490 e. The molecule has 0 aliphatic rings. The maximum Gasteiger partial charge on any atom is 0.409 e. The maximum atomic E-state index is 12.1. The summed E-state index contributed by atoms with van der Waals surface area (Å²) in [4.78, 5) is 8.86. The monoisotopic (exact) mass is 398 g/mol. The van der Waals surface area contributed by atoms with Crippen molar-refractivity contribution in [1.82, 2.24) is 9.97 Å². The summed E-state index contributed by atoms with van der Waals surface area (Å²) in [6, 6.07) is 15.1. The van der Waals surface area contributed by atoms with Gasteiger partial charge in [-0.15, -0.1) is 0 Å². The van der Waals surface area contributed by atoms with Gasteiger partial charge in [-0.1, -0.05) is 49.7 Å². The first-order valence-corrected chi connectivity index (χ1v) is 9.33. The topological polar surface area (TPSA) is 35.0 Å². The Labute approximate surface area is 167 Å². The number of hydrogen-bond acceptors (Lipinski definition) is 3. The average Bonchev–Trinajstić information content (AvgIpc) is 2.72. The molecular formula is C23H21F3N2O. The second kappa shape index (κ2) is 9.37. The van der Waals surface area contributed by atoms with E-state index in [-0.39, 0.29) is 12.7 Å². The highest BCUT2D eigenvalue weighted by Gasteiger charge is 2.21. The lowest BCUT2D eigenvalue weighted by Gasteiger charge is -2.07. The third-order valence-electron chi connectivity index (χ3n) is 4.23. The molecule has 0 spiro atoms. The van der Waals surface area contributed by atoms with Crippen LogP contribution in [0.25, 0.3) is 22.5 Å². The Bertz CT molecular complexity index is 932. The molecule has 29 heavy (non-hydrogen) atoms. The highest BCUT2D eigenvalue weighted by atomic mass is 19.4. The van der Waals surface area contributed by atoms with Crippen molar-refractivity contribution in [2.75, 3.05) is 6.61 Å². The van der Waals surface area contributed by atoms with Gasteiger partial charge in [-0.25, -0.2) is 9.97 Å². The minimum atomic E-state index is -4.32. The molecule has 0 saturated carbocycles. The average molecular weight is 398 g/mol. The van der Waals surface area contributed by atoms with Crippen molar-refractivity contribution < 1.29 is 17.9 Å². The van der Waals surface area contributed by atoms with Crippen molar-refractivity contribution >= 4 is 0 Å². The molecule has 0 radical (unpaired) electrons. The molecule has 0 unspecified atom stereocenters.